The molecule has 5 heteroatoms. The van der Waals surface area contributed by atoms with Crippen LogP contribution in [0.25, 0.3) is 21.5 Å². The van der Waals surface area contributed by atoms with Gasteiger partial charge in [0.2, 0.25) is 0 Å². The largest absolute Gasteiger partial charge is 0.490 e. The van der Waals surface area contributed by atoms with Crippen molar-refractivity contribution in [3.05, 3.63) is 82.8 Å². The van der Waals surface area contributed by atoms with Gasteiger partial charge in [0.1, 0.15) is 18.5 Å². The molecule has 0 radical (unpaired) electrons. The first-order valence-electron chi connectivity index (χ1n) is 8.88. The van der Waals surface area contributed by atoms with Crippen LogP contribution in [0.1, 0.15) is 5.69 Å². The van der Waals surface area contributed by atoms with E-state index in [0.717, 1.165) is 21.9 Å². The molecule has 27 heavy (non-hydrogen) atoms. The molecule has 136 valence electrons. The van der Waals surface area contributed by atoms with Gasteiger partial charge >= 0.3 is 0 Å². The third-order valence-corrected chi connectivity index (χ3v) is 4.62. The maximum Gasteiger partial charge on any atom is 0.274 e. The number of aliphatic hydroxyl groups excluding tert-OH is 1. The summed E-state index contributed by atoms with van der Waals surface area (Å²) in [4.78, 5) is 12.6. The highest BCUT2D eigenvalue weighted by atomic mass is 16.5. The van der Waals surface area contributed by atoms with Gasteiger partial charge in [-0.25, -0.2) is 4.68 Å². The van der Waals surface area contributed by atoms with E-state index in [-0.39, 0.29) is 18.7 Å². The highest BCUT2D eigenvalue weighted by molar-refractivity contribution is 5.88. The lowest BCUT2D eigenvalue weighted by Gasteiger charge is -2.15. The molecule has 0 unspecified atom stereocenters. The Morgan fingerprint density at radius 3 is 2.44 bits per heavy atom. The van der Waals surface area contributed by atoms with Crippen molar-refractivity contribution in [2.75, 3.05) is 6.61 Å². The SMILES string of the molecule is Cc1nn(C[C@H](O)COc2cccc3ccccc23)c(=O)c2ccccc12. The smallest absolute Gasteiger partial charge is 0.274 e. The molecule has 1 aromatic heterocycles. The fourth-order valence-electron chi connectivity index (χ4n) is 3.29. The molecular weight excluding hydrogens is 340 g/mol. The van der Waals surface area contributed by atoms with Crippen LogP contribution in [0.4, 0.5) is 0 Å². The highest BCUT2D eigenvalue weighted by Crippen LogP contribution is 2.25. The summed E-state index contributed by atoms with van der Waals surface area (Å²) in [7, 11) is 0. The van der Waals surface area contributed by atoms with Gasteiger partial charge in [-0.15, -0.1) is 0 Å². The summed E-state index contributed by atoms with van der Waals surface area (Å²) in [5.74, 6) is 0.710. The summed E-state index contributed by atoms with van der Waals surface area (Å²) in [5, 5.41) is 18.2. The summed E-state index contributed by atoms with van der Waals surface area (Å²) in [6.07, 6.45) is -0.852. The average molecular weight is 360 g/mol. The minimum absolute atomic E-state index is 0.0774. The fraction of sp³-hybridized carbons (Fsp3) is 0.182. The number of ether oxygens (including phenoxy) is 1. The molecular formula is C22H20N2O3. The van der Waals surface area contributed by atoms with Crippen LogP contribution in [0.3, 0.4) is 0 Å². The van der Waals surface area contributed by atoms with E-state index >= 15 is 0 Å². The van der Waals surface area contributed by atoms with Gasteiger partial charge in [0, 0.05) is 10.8 Å². The number of aromatic nitrogens is 2. The first kappa shape index (κ1) is 17.2. The standard InChI is InChI=1S/C22H20N2O3/c1-15-18-9-4-5-11-20(18)22(26)24(23-15)13-17(25)14-27-21-12-6-8-16-7-2-3-10-19(16)21/h2-12,17,25H,13-14H2,1H3/t17-/m0/s1. The summed E-state index contributed by atoms with van der Waals surface area (Å²) < 4.78 is 7.13. The van der Waals surface area contributed by atoms with Crippen molar-refractivity contribution in [1.82, 2.24) is 9.78 Å². The molecule has 0 saturated carbocycles. The second kappa shape index (κ2) is 7.21. The van der Waals surface area contributed by atoms with E-state index in [1.54, 1.807) is 6.07 Å². The van der Waals surface area contributed by atoms with Gasteiger partial charge in [-0.1, -0.05) is 54.6 Å². The van der Waals surface area contributed by atoms with Gasteiger partial charge in [0.25, 0.3) is 5.56 Å². The maximum atomic E-state index is 12.6. The van der Waals surface area contributed by atoms with Crippen LogP contribution in [-0.4, -0.2) is 27.6 Å². The molecule has 0 aliphatic carbocycles. The predicted octanol–water partition coefficient (Wildman–Crippen LogP) is 3.30. The van der Waals surface area contributed by atoms with Crippen molar-refractivity contribution >= 4 is 21.5 Å². The number of aryl methyl sites for hydroxylation is 1. The molecule has 0 saturated heterocycles. The molecule has 0 amide bonds. The Kier molecular flexibility index (Phi) is 4.60. The van der Waals surface area contributed by atoms with Crippen LogP contribution in [0, 0.1) is 6.92 Å². The Hall–Kier alpha value is -3.18. The van der Waals surface area contributed by atoms with Crippen molar-refractivity contribution in [3.8, 4) is 5.75 Å². The molecule has 4 rings (SSSR count). The van der Waals surface area contributed by atoms with E-state index in [4.69, 9.17) is 4.74 Å². The second-order valence-corrected chi connectivity index (χ2v) is 6.56. The van der Waals surface area contributed by atoms with Crippen LogP contribution in [-0.2, 0) is 6.54 Å². The molecule has 1 N–H and O–H groups in total. The number of hydrogen-bond acceptors (Lipinski definition) is 4. The van der Waals surface area contributed by atoms with Crippen molar-refractivity contribution < 1.29 is 9.84 Å². The van der Waals surface area contributed by atoms with Crippen molar-refractivity contribution in [1.29, 1.82) is 0 Å². The number of aliphatic hydroxyl groups is 1. The lowest BCUT2D eigenvalue weighted by atomic mass is 10.1. The van der Waals surface area contributed by atoms with E-state index < -0.39 is 6.10 Å². The van der Waals surface area contributed by atoms with Gasteiger partial charge in [0.05, 0.1) is 17.6 Å². The van der Waals surface area contributed by atoms with Gasteiger partial charge in [0.15, 0.2) is 0 Å². The Morgan fingerprint density at radius 2 is 1.63 bits per heavy atom. The highest BCUT2D eigenvalue weighted by Gasteiger charge is 2.13. The van der Waals surface area contributed by atoms with Gasteiger partial charge in [-0.05, 0) is 24.4 Å². The third kappa shape index (κ3) is 3.41. The van der Waals surface area contributed by atoms with E-state index in [9.17, 15) is 9.90 Å². The molecule has 0 aliphatic rings. The Balaban J connectivity index is 1.53. The summed E-state index contributed by atoms with van der Waals surface area (Å²) in [6, 6.07) is 21.1. The Labute approximate surface area is 156 Å². The fourth-order valence-corrected chi connectivity index (χ4v) is 3.29. The predicted molar refractivity (Wildman–Crippen MR) is 106 cm³/mol. The summed E-state index contributed by atoms with van der Waals surface area (Å²) in [5.41, 5.74) is 0.549. The molecule has 1 atom stereocenters. The van der Waals surface area contributed by atoms with E-state index in [0.29, 0.717) is 11.1 Å². The van der Waals surface area contributed by atoms with Crippen LogP contribution >= 0.6 is 0 Å². The first-order chi connectivity index (χ1) is 13.1. The third-order valence-electron chi connectivity index (χ3n) is 4.62. The van der Waals surface area contributed by atoms with Crippen molar-refractivity contribution in [3.63, 3.8) is 0 Å². The normalized spacial score (nSPS) is 12.4. The van der Waals surface area contributed by atoms with Gasteiger partial charge in [-0.2, -0.15) is 5.10 Å². The minimum atomic E-state index is -0.852. The minimum Gasteiger partial charge on any atom is -0.490 e. The molecule has 0 spiro atoms. The van der Waals surface area contributed by atoms with Crippen LogP contribution < -0.4 is 10.3 Å². The molecule has 4 aromatic rings. The van der Waals surface area contributed by atoms with Gasteiger partial charge < -0.3 is 9.84 Å². The zero-order valence-electron chi connectivity index (χ0n) is 15.0. The summed E-state index contributed by atoms with van der Waals surface area (Å²) >= 11 is 0. The lowest BCUT2D eigenvalue weighted by molar-refractivity contribution is 0.0887. The lowest BCUT2D eigenvalue weighted by Crippen LogP contribution is -2.32. The second-order valence-electron chi connectivity index (χ2n) is 6.56. The van der Waals surface area contributed by atoms with E-state index in [2.05, 4.69) is 5.10 Å². The first-order valence-corrected chi connectivity index (χ1v) is 8.88. The maximum absolute atomic E-state index is 12.6. The molecule has 0 aliphatic heterocycles. The van der Waals surface area contributed by atoms with Crippen LogP contribution in [0.2, 0.25) is 0 Å². The zero-order chi connectivity index (χ0) is 18.8. The zero-order valence-corrected chi connectivity index (χ0v) is 15.0. The number of hydrogen-bond donors (Lipinski definition) is 1. The van der Waals surface area contributed by atoms with Gasteiger partial charge in [-0.3, -0.25) is 4.79 Å². The number of rotatable bonds is 5. The summed E-state index contributed by atoms with van der Waals surface area (Å²) in [6.45, 7) is 2.01. The van der Waals surface area contributed by atoms with Crippen LogP contribution in [0.15, 0.2) is 71.5 Å². The van der Waals surface area contributed by atoms with E-state index in [1.807, 2.05) is 67.6 Å². The van der Waals surface area contributed by atoms with Crippen molar-refractivity contribution in [2.24, 2.45) is 0 Å². The molecule has 0 fully saturated rings. The number of fused-ring (bicyclic) bond motifs is 2. The molecule has 1 heterocycles. The Bertz CT molecular complexity index is 1160. The quantitative estimate of drug-likeness (QED) is 0.593. The average Bonchev–Trinajstić information content (AvgIpc) is 2.70. The molecule has 0 bridgehead atoms. The monoisotopic (exact) mass is 360 g/mol. The molecule has 5 nitrogen and oxygen atoms in total. The molecule has 3 aromatic carbocycles. The number of nitrogens with zero attached hydrogens (tertiary/aromatic N) is 2. The topological polar surface area (TPSA) is 64.3 Å². The Morgan fingerprint density at radius 1 is 0.963 bits per heavy atom. The van der Waals surface area contributed by atoms with E-state index in [1.165, 1.54) is 4.68 Å². The number of benzene rings is 3. The van der Waals surface area contributed by atoms with Crippen molar-refractivity contribution in [2.45, 2.75) is 19.6 Å². The van der Waals surface area contributed by atoms with Crippen LogP contribution in [0.5, 0.6) is 5.75 Å².